The van der Waals surface area contributed by atoms with Crippen molar-refractivity contribution in [2.75, 3.05) is 0 Å². The van der Waals surface area contributed by atoms with Crippen LogP contribution in [0.2, 0.25) is 0 Å². The summed E-state index contributed by atoms with van der Waals surface area (Å²) in [6.45, 7) is 6.94. The lowest BCUT2D eigenvalue weighted by atomic mass is 9.86. The van der Waals surface area contributed by atoms with Gasteiger partial charge in [0, 0.05) is 84.9 Å². The lowest BCUT2D eigenvalue weighted by Crippen LogP contribution is -2.10. The predicted molar refractivity (Wildman–Crippen MR) is 339 cm³/mol. The number of rotatable bonds is 7. The van der Waals surface area contributed by atoms with Gasteiger partial charge in [-0.2, -0.15) is 0 Å². The molecule has 0 spiro atoms. The van der Waals surface area contributed by atoms with E-state index in [2.05, 4.69) is 268 Å². The first-order chi connectivity index (χ1) is 39.3. The van der Waals surface area contributed by atoms with Crippen LogP contribution in [-0.2, 0) is 5.41 Å². The Bertz CT molecular complexity index is 4760. The van der Waals surface area contributed by atoms with E-state index in [1.807, 2.05) is 22.7 Å². The van der Waals surface area contributed by atoms with Crippen LogP contribution < -0.4 is 0 Å². The fraction of sp³-hybridized carbons (Fsp3) is 0.0676. The predicted octanol–water partition coefficient (Wildman–Crippen LogP) is 20.5. The van der Waals surface area contributed by atoms with Crippen LogP contribution in [0.5, 0.6) is 0 Å². The van der Waals surface area contributed by atoms with Crippen molar-refractivity contribution >= 4 is 84.8 Å². The van der Waals surface area contributed by atoms with Crippen molar-refractivity contribution in [2.45, 2.75) is 32.1 Å². The molecule has 0 atom stereocenters. The molecule has 0 radical (unpaired) electrons. The normalized spacial score (nSPS) is 12.6. The zero-order chi connectivity index (χ0) is 53.2. The number of thiophene rings is 2. The Morgan fingerprint density at radius 2 is 0.787 bits per heavy atom. The van der Waals surface area contributed by atoms with Crippen molar-refractivity contribution in [2.24, 2.45) is 0 Å². The molecule has 0 aliphatic heterocycles. The summed E-state index contributed by atoms with van der Waals surface area (Å²) in [5.74, 6) is 1.99. The number of hydrogen-bond donors (Lipinski definition) is 0. The second-order valence-corrected chi connectivity index (χ2v) is 24.4. The number of aromatic nitrogens is 4. The van der Waals surface area contributed by atoms with Gasteiger partial charge in [-0.05, 0) is 111 Å². The van der Waals surface area contributed by atoms with Crippen molar-refractivity contribution in [1.29, 1.82) is 0 Å². The van der Waals surface area contributed by atoms with Gasteiger partial charge < -0.3 is 4.57 Å². The van der Waals surface area contributed by atoms with Crippen LogP contribution in [0.25, 0.3) is 135 Å². The van der Waals surface area contributed by atoms with Crippen molar-refractivity contribution in [3.8, 4) is 73.2 Å². The molecule has 1 aliphatic rings. The molecule has 0 saturated carbocycles. The standard InChI is InChI=1S/C74H50N4S2/c1-74(2,3)50-33-37-64-62(43-50)61-38-46(69-57-26-12-10-22-51(57)52-23-11-13-27-58(52)69)32-36-63(61)78(64)70-59(44-18-6-4-7-19-44)39-49(40-60(70)45-20-8-5-9-21-45)73-76-71(47-30-34-55-53-24-14-16-28-65(53)79-67(55)41-47)75-72(77-73)48-31-35-56-54-25-15-17-29-66(54)80-68(56)42-48/h4-43,69H,1-3H3. The molecule has 80 heavy (non-hydrogen) atoms. The molecular formula is C74H50N4S2. The minimum atomic E-state index is -0.0644. The van der Waals surface area contributed by atoms with Crippen molar-refractivity contribution in [3.63, 3.8) is 0 Å². The summed E-state index contributed by atoms with van der Waals surface area (Å²) in [7, 11) is 0. The summed E-state index contributed by atoms with van der Waals surface area (Å²) < 4.78 is 7.47. The number of hydrogen-bond acceptors (Lipinski definition) is 5. The summed E-state index contributed by atoms with van der Waals surface area (Å²) in [5.41, 5.74) is 18.4. The molecule has 0 fully saturated rings. The molecule has 0 saturated heterocycles. The average molecular weight is 1060 g/mol. The van der Waals surface area contributed by atoms with E-state index in [1.54, 1.807) is 0 Å². The van der Waals surface area contributed by atoms with Crippen LogP contribution in [0.3, 0.4) is 0 Å². The first-order valence-electron chi connectivity index (χ1n) is 27.4. The van der Waals surface area contributed by atoms with Crippen LogP contribution in [0, 0.1) is 0 Å². The lowest BCUT2D eigenvalue weighted by Gasteiger charge is -2.22. The van der Waals surface area contributed by atoms with E-state index in [0.717, 1.165) is 55.7 Å². The monoisotopic (exact) mass is 1060 g/mol. The molecule has 378 valence electrons. The van der Waals surface area contributed by atoms with Gasteiger partial charge in [0.1, 0.15) is 0 Å². The summed E-state index contributed by atoms with van der Waals surface area (Å²) >= 11 is 3.61. The Labute approximate surface area is 471 Å². The Morgan fingerprint density at radius 3 is 1.32 bits per heavy atom. The zero-order valence-electron chi connectivity index (χ0n) is 44.3. The maximum atomic E-state index is 5.51. The minimum Gasteiger partial charge on any atom is -0.308 e. The smallest absolute Gasteiger partial charge is 0.164 e. The van der Waals surface area contributed by atoms with Gasteiger partial charge in [0.2, 0.25) is 0 Å². The molecule has 16 rings (SSSR count). The molecule has 4 heterocycles. The van der Waals surface area contributed by atoms with Crippen LogP contribution in [0.4, 0.5) is 0 Å². The molecule has 0 bridgehead atoms. The molecular weight excluding hydrogens is 1010 g/mol. The van der Waals surface area contributed by atoms with Gasteiger partial charge in [-0.1, -0.05) is 203 Å². The van der Waals surface area contributed by atoms with Gasteiger partial charge in [-0.25, -0.2) is 15.0 Å². The first-order valence-corrected chi connectivity index (χ1v) is 29.1. The van der Waals surface area contributed by atoms with E-state index in [9.17, 15) is 0 Å². The van der Waals surface area contributed by atoms with Crippen molar-refractivity contribution < 1.29 is 0 Å². The summed E-state index contributed by atoms with van der Waals surface area (Å²) in [4.78, 5) is 16.4. The summed E-state index contributed by atoms with van der Waals surface area (Å²) in [6, 6.07) is 89.3. The quantitative estimate of drug-likeness (QED) is 0.160. The molecule has 0 unspecified atom stereocenters. The highest BCUT2D eigenvalue weighted by molar-refractivity contribution is 7.26. The van der Waals surface area contributed by atoms with Crippen LogP contribution in [0.1, 0.15) is 48.9 Å². The second kappa shape index (κ2) is 18.1. The molecule has 0 amide bonds. The van der Waals surface area contributed by atoms with E-state index in [1.165, 1.54) is 84.5 Å². The van der Waals surface area contributed by atoms with E-state index >= 15 is 0 Å². The Kier molecular flexibility index (Phi) is 10.6. The van der Waals surface area contributed by atoms with Crippen molar-refractivity contribution in [1.82, 2.24) is 19.5 Å². The third-order valence-electron chi connectivity index (χ3n) is 16.5. The largest absolute Gasteiger partial charge is 0.308 e. The maximum absolute atomic E-state index is 5.51. The first kappa shape index (κ1) is 46.7. The van der Waals surface area contributed by atoms with Gasteiger partial charge in [0.15, 0.2) is 17.5 Å². The van der Waals surface area contributed by atoms with Gasteiger partial charge in [-0.3, -0.25) is 0 Å². The van der Waals surface area contributed by atoms with Crippen molar-refractivity contribution in [3.05, 3.63) is 265 Å². The number of benzene rings is 11. The van der Waals surface area contributed by atoms with E-state index < -0.39 is 0 Å². The van der Waals surface area contributed by atoms with E-state index in [-0.39, 0.29) is 11.3 Å². The molecule has 4 nitrogen and oxygen atoms in total. The van der Waals surface area contributed by atoms with E-state index in [0.29, 0.717) is 17.5 Å². The lowest BCUT2D eigenvalue weighted by molar-refractivity contribution is 0.591. The SMILES string of the molecule is CC(C)(C)c1ccc2c(c1)c1cc(C3c4ccccc4-c4ccccc43)ccc1n2-c1c(-c2ccccc2)cc(-c2nc(-c3ccc4c(c3)sc3ccccc34)nc(-c3ccc4c(c3)sc3ccccc34)n2)cc1-c1ccccc1. The molecule has 1 aliphatic carbocycles. The molecule has 11 aromatic carbocycles. The number of fused-ring (bicyclic) bond motifs is 12. The Balaban J connectivity index is 0.961. The van der Waals surface area contributed by atoms with Gasteiger partial charge in [-0.15, -0.1) is 22.7 Å². The van der Waals surface area contributed by atoms with Crippen LogP contribution in [-0.4, -0.2) is 19.5 Å². The van der Waals surface area contributed by atoms with Gasteiger partial charge in [0.05, 0.1) is 16.7 Å². The summed E-state index contributed by atoms with van der Waals surface area (Å²) in [5, 5.41) is 7.45. The number of nitrogens with zero attached hydrogens (tertiary/aromatic N) is 4. The highest BCUT2D eigenvalue weighted by Gasteiger charge is 2.31. The topological polar surface area (TPSA) is 43.6 Å². The third-order valence-corrected chi connectivity index (χ3v) is 18.8. The van der Waals surface area contributed by atoms with Gasteiger partial charge in [0.25, 0.3) is 0 Å². The van der Waals surface area contributed by atoms with Gasteiger partial charge >= 0.3 is 0 Å². The summed E-state index contributed by atoms with van der Waals surface area (Å²) in [6.07, 6.45) is 0. The second-order valence-electron chi connectivity index (χ2n) is 22.3. The molecule has 4 aromatic heterocycles. The fourth-order valence-corrected chi connectivity index (χ4v) is 14.9. The maximum Gasteiger partial charge on any atom is 0.164 e. The third kappa shape index (κ3) is 7.51. The average Bonchev–Trinajstić information content (AvgIpc) is 4.46. The molecule has 0 N–H and O–H groups in total. The Morgan fingerprint density at radius 1 is 0.338 bits per heavy atom. The highest BCUT2D eigenvalue weighted by Crippen LogP contribution is 2.50. The zero-order valence-corrected chi connectivity index (χ0v) is 45.9. The van der Waals surface area contributed by atoms with Crippen LogP contribution in [0.15, 0.2) is 243 Å². The fourth-order valence-electron chi connectivity index (χ4n) is 12.6. The molecule has 6 heteroatoms. The highest BCUT2D eigenvalue weighted by atomic mass is 32.1. The minimum absolute atomic E-state index is 0.0644. The molecule has 15 aromatic rings. The van der Waals surface area contributed by atoms with E-state index in [4.69, 9.17) is 15.0 Å². The van der Waals surface area contributed by atoms with Crippen LogP contribution >= 0.6 is 22.7 Å². The Hall–Kier alpha value is -9.33.